The summed E-state index contributed by atoms with van der Waals surface area (Å²) in [5.41, 5.74) is 2.84. The van der Waals surface area contributed by atoms with Crippen molar-refractivity contribution in [2.45, 2.75) is 13.1 Å². The topological polar surface area (TPSA) is 70.0 Å². The summed E-state index contributed by atoms with van der Waals surface area (Å²) in [6.07, 6.45) is 1.53. The van der Waals surface area contributed by atoms with E-state index in [2.05, 4.69) is 4.98 Å². The molecule has 3 aromatic heterocycles. The normalized spacial score (nSPS) is 11.5. The molecule has 0 atom stereocenters. The van der Waals surface area contributed by atoms with Gasteiger partial charge in [0, 0.05) is 29.1 Å². The molecule has 2 aromatic carbocycles. The standard InChI is InChI=1S/C21H14ClN3O3S/c22-14-7-5-13(6-8-14)15-11-29-19-18(15)20(26)24(12-23-19)9-10-25-16-3-1-2-4-17(16)28-21(25)27/h1-8,11-12H,9-10H2. The molecule has 144 valence electrons. The van der Waals surface area contributed by atoms with Crippen LogP contribution in [-0.4, -0.2) is 14.1 Å². The summed E-state index contributed by atoms with van der Waals surface area (Å²) in [7, 11) is 0. The fourth-order valence-electron chi connectivity index (χ4n) is 3.40. The maximum atomic E-state index is 13.2. The van der Waals surface area contributed by atoms with Crippen molar-refractivity contribution in [2.75, 3.05) is 0 Å². The van der Waals surface area contributed by atoms with Crippen molar-refractivity contribution in [1.29, 1.82) is 0 Å². The minimum absolute atomic E-state index is 0.137. The van der Waals surface area contributed by atoms with Gasteiger partial charge in [0.25, 0.3) is 5.56 Å². The number of nitrogens with zero attached hydrogens (tertiary/aromatic N) is 3. The van der Waals surface area contributed by atoms with Gasteiger partial charge in [0.05, 0.1) is 17.2 Å². The Balaban J connectivity index is 1.54. The third kappa shape index (κ3) is 3.08. The van der Waals surface area contributed by atoms with E-state index >= 15 is 0 Å². The van der Waals surface area contributed by atoms with Crippen molar-refractivity contribution in [3.8, 4) is 11.1 Å². The van der Waals surface area contributed by atoms with Gasteiger partial charge >= 0.3 is 5.76 Å². The summed E-state index contributed by atoms with van der Waals surface area (Å²) in [4.78, 5) is 30.4. The molecule has 0 amide bonds. The molecular weight excluding hydrogens is 410 g/mol. The van der Waals surface area contributed by atoms with Crippen molar-refractivity contribution >= 4 is 44.3 Å². The summed E-state index contributed by atoms with van der Waals surface area (Å²) in [5.74, 6) is -0.439. The summed E-state index contributed by atoms with van der Waals surface area (Å²) in [6.45, 7) is 0.616. The van der Waals surface area contributed by atoms with Gasteiger partial charge in [0.2, 0.25) is 0 Å². The molecule has 0 bridgehead atoms. The van der Waals surface area contributed by atoms with Crippen LogP contribution in [0.3, 0.4) is 0 Å². The van der Waals surface area contributed by atoms with Crippen LogP contribution in [-0.2, 0) is 13.1 Å². The van der Waals surface area contributed by atoms with E-state index in [-0.39, 0.29) is 5.56 Å². The number of thiophene rings is 1. The molecule has 0 spiro atoms. The molecule has 0 saturated carbocycles. The first kappa shape index (κ1) is 17.9. The van der Waals surface area contributed by atoms with E-state index in [1.165, 1.54) is 26.8 Å². The zero-order chi connectivity index (χ0) is 20.0. The fraction of sp³-hybridized carbons (Fsp3) is 0.0952. The molecule has 0 radical (unpaired) electrons. The lowest BCUT2D eigenvalue weighted by atomic mass is 10.1. The lowest BCUT2D eigenvalue weighted by Crippen LogP contribution is -2.25. The maximum Gasteiger partial charge on any atom is 0.420 e. The van der Waals surface area contributed by atoms with Gasteiger partial charge in [0.1, 0.15) is 4.83 Å². The molecule has 0 aliphatic rings. The van der Waals surface area contributed by atoms with Crippen LogP contribution in [0.15, 0.2) is 74.2 Å². The van der Waals surface area contributed by atoms with Gasteiger partial charge in [-0.3, -0.25) is 13.9 Å². The zero-order valence-corrected chi connectivity index (χ0v) is 16.6. The summed E-state index contributed by atoms with van der Waals surface area (Å²) in [6, 6.07) is 14.6. The molecule has 0 aliphatic heterocycles. The first-order valence-corrected chi connectivity index (χ1v) is 10.2. The highest BCUT2D eigenvalue weighted by molar-refractivity contribution is 7.17. The van der Waals surface area contributed by atoms with Crippen LogP contribution in [0.5, 0.6) is 0 Å². The first-order valence-electron chi connectivity index (χ1n) is 8.93. The average molecular weight is 424 g/mol. The largest absolute Gasteiger partial charge is 0.420 e. The molecular formula is C21H14ClN3O3S. The van der Waals surface area contributed by atoms with Gasteiger partial charge in [-0.25, -0.2) is 9.78 Å². The van der Waals surface area contributed by atoms with Crippen LogP contribution in [0, 0.1) is 0 Å². The average Bonchev–Trinajstić information content (AvgIpc) is 3.29. The molecule has 0 aliphatic carbocycles. The number of hydrogen-bond acceptors (Lipinski definition) is 5. The minimum atomic E-state index is -0.439. The Kier molecular flexibility index (Phi) is 4.34. The van der Waals surface area contributed by atoms with Crippen LogP contribution in [0.1, 0.15) is 0 Å². The van der Waals surface area contributed by atoms with E-state index in [1.807, 2.05) is 35.7 Å². The minimum Gasteiger partial charge on any atom is -0.408 e. The Morgan fingerprint density at radius 1 is 1.03 bits per heavy atom. The van der Waals surface area contributed by atoms with Crippen LogP contribution in [0.2, 0.25) is 5.02 Å². The third-order valence-electron chi connectivity index (χ3n) is 4.85. The summed E-state index contributed by atoms with van der Waals surface area (Å²) in [5, 5.41) is 3.15. The molecule has 0 N–H and O–H groups in total. The number of para-hydroxylation sites is 2. The van der Waals surface area contributed by atoms with Gasteiger partial charge in [0.15, 0.2) is 5.58 Å². The predicted octanol–water partition coefficient (Wildman–Crippen LogP) is 4.39. The van der Waals surface area contributed by atoms with Gasteiger partial charge < -0.3 is 4.42 Å². The maximum absolute atomic E-state index is 13.2. The number of benzene rings is 2. The molecule has 6 nitrogen and oxygen atoms in total. The molecule has 8 heteroatoms. The van der Waals surface area contributed by atoms with Crippen molar-refractivity contribution in [3.05, 3.63) is 86.2 Å². The Morgan fingerprint density at radius 3 is 2.66 bits per heavy atom. The van der Waals surface area contributed by atoms with Gasteiger partial charge in [-0.2, -0.15) is 0 Å². The van der Waals surface area contributed by atoms with Crippen LogP contribution >= 0.6 is 22.9 Å². The first-order chi connectivity index (χ1) is 14.1. The Labute approximate surface area is 173 Å². The summed E-state index contributed by atoms with van der Waals surface area (Å²) < 4.78 is 8.32. The van der Waals surface area contributed by atoms with Gasteiger partial charge in [-0.15, -0.1) is 11.3 Å². The van der Waals surface area contributed by atoms with E-state index in [4.69, 9.17) is 16.0 Å². The SMILES string of the molecule is O=c1c2c(-c3ccc(Cl)cc3)csc2ncn1CCn1c(=O)oc2ccccc21. The molecule has 5 aromatic rings. The fourth-order valence-corrected chi connectivity index (χ4v) is 4.43. The second kappa shape index (κ2) is 7.02. The Morgan fingerprint density at radius 2 is 1.83 bits per heavy atom. The number of halogens is 1. The number of aryl methyl sites for hydroxylation is 2. The highest BCUT2D eigenvalue weighted by Crippen LogP contribution is 2.31. The van der Waals surface area contributed by atoms with E-state index in [0.29, 0.717) is 39.4 Å². The van der Waals surface area contributed by atoms with E-state index in [9.17, 15) is 9.59 Å². The van der Waals surface area contributed by atoms with Crippen molar-refractivity contribution in [1.82, 2.24) is 14.1 Å². The van der Waals surface area contributed by atoms with Gasteiger partial charge in [-0.1, -0.05) is 35.9 Å². The zero-order valence-electron chi connectivity index (χ0n) is 15.0. The Hall–Kier alpha value is -3.16. The molecule has 3 heterocycles. The van der Waals surface area contributed by atoms with E-state index in [0.717, 1.165) is 11.1 Å². The molecule has 0 fully saturated rings. The molecule has 29 heavy (non-hydrogen) atoms. The van der Waals surface area contributed by atoms with Crippen molar-refractivity contribution in [2.24, 2.45) is 0 Å². The molecule has 5 rings (SSSR count). The molecule has 0 unspecified atom stereocenters. The monoisotopic (exact) mass is 423 g/mol. The Bertz CT molecular complexity index is 1460. The van der Waals surface area contributed by atoms with Crippen LogP contribution in [0.25, 0.3) is 32.4 Å². The predicted molar refractivity (Wildman–Crippen MR) is 115 cm³/mol. The lowest BCUT2D eigenvalue weighted by molar-refractivity contribution is 0.480. The number of oxazole rings is 1. The lowest BCUT2D eigenvalue weighted by Gasteiger charge is -2.07. The number of rotatable bonds is 4. The summed E-state index contributed by atoms with van der Waals surface area (Å²) >= 11 is 7.41. The number of hydrogen-bond donors (Lipinski definition) is 0. The number of fused-ring (bicyclic) bond motifs is 2. The highest BCUT2D eigenvalue weighted by atomic mass is 35.5. The van der Waals surface area contributed by atoms with Crippen molar-refractivity contribution in [3.63, 3.8) is 0 Å². The van der Waals surface area contributed by atoms with Crippen LogP contribution < -0.4 is 11.3 Å². The molecule has 0 saturated heterocycles. The van der Waals surface area contributed by atoms with Crippen molar-refractivity contribution < 1.29 is 4.42 Å². The second-order valence-electron chi connectivity index (χ2n) is 6.57. The van der Waals surface area contributed by atoms with Gasteiger partial charge in [-0.05, 0) is 29.8 Å². The smallest absolute Gasteiger partial charge is 0.408 e. The third-order valence-corrected chi connectivity index (χ3v) is 5.99. The second-order valence-corrected chi connectivity index (χ2v) is 7.86. The van der Waals surface area contributed by atoms with E-state index in [1.54, 1.807) is 18.2 Å². The number of aromatic nitrogens is 3. The highest BCUT2D eigenvalue weighted by Gasteiger charge is 2.14. The van der Waals surface area contributed by atoms with E-state index < -0.39 is 5.76 Å². The van der Waals surface area contributed by atoms with Crippen LogP contribution in [0.4, 0.5) is 0 Å². The quantitative estimate of drug-likeness (QED) is 0.430.